The molecular weight excluding hydrogens is 416 g/mol. The topological polar surface area (TPSA) is 72.8 Å². The number of hydrogen-bond acceptors (Lipinski definition) is 5. The van der Waals surface area contributed by atoms with Crippen LogP contribution in [-0.2, 0) is 19.1 Å². The number of Topliss-reactive ketones (excluding diaryl/α,β-unsaturated/α-hetero) is 1. The second kappa shape index (κ2) is 13.4. The van der Waals surface area contributed by atoms with Crippen molar-refractivity contribution in [2.75, 3.05) is 6.61 Å². The van der Waals surface area contributed by atoms with Crippen molar-refractivity contribution in [3.8, 4) is 0 Å². The van der Waals surface area contributed by atoms with Gasteiger partial charge < -0.3 is 14.6 Å². The predicted molar refractivity (Wildman–Crippen MR) is 129 cm³/mol. The van der Waals surface area contributed by atoms with Crippen LogP contribution >= 0.6 is 0 Å². The number of carbonyl (C=O) groups is 2. The van der Waals surface area contributed by atoms with E-state index in [0.717, 1.165) is 49.7 Å². The second-order valence-corrected chi connectivity index (χ2v) is 10.3. The molecule has 1 saturated carbocycles. The maximum Gasteiger partial charge on any atom is 0.178 e. The van der Waals surface area contributed by atoms with Gasteiger partial charge in [-0.3, -0.25) is 9.59 Å². The average Bonchev–Trinajstić information content (AvgIpc) is 3.46. The van der Waals surface area contributed by atoms with Gasteiger partial charge in [-0.05, 0) is 38.2 Å². The molecule has 186 valence electrons. The van der Waals surface area contributed by atoms with E-state index < -0.39 is 6.29 Å². The molecule has 5 unspecified atom stereocenters. The van der Waals surface area contributed by atoms with Crippen LogP contribution in [0.15, 0.2) is 23.0 Å². The summed E-state index contributed by atoms with van der Waals surface area (Å²) < 4.78 is 11.5. The van der Waals surface area contributed by atoms with E-state index in [4.69, 9.17) is 9.47 Å². The highest BCUT2D eigenvalue weighted by atomic mass is 16.6. The number of rotatable bonds is 17. The zero-order valence-electron chi connectivity index (χ0n) is 20.7. The number of unbranched alkanes of at least 4 members (excludes halogenated alkanes) is 9. The van der Waals surface area contributed by atoms with Crippen molar-refractivity contribution in [3.05, 3.63) is 23.0 Å². The fourth-order valence-electron chi connectivity index (χ4n) is 5.52. The van der Waals surface area contributed by atoms with Gasteiger partial charge in [0.2, 0.25) is 0 Å². The van der Waals surface area contributed by atoms with Crippen molar-refractivity contribution < 1.29 is 24.2 Å². The molecule has 2 aliphatic carbocycles. The number of aliphatic hydroxyl groups excluding tert-OH is 1. The standard InChI is InChI=1S/C28H44O5/c1-3-32-22-17-21(19-29)27-24(18-22)26(33-28(27)31)15-13-11-9-7-5-4-6-8-10-12-14-25(30)23-16-20(23)2/h17,19-20,23-24,26,28,31H,3-16,18H2,1-2H3. The molecule has 1 saturated heterocycles. The largest absolute Gasteiger partial charge is 0.498 e. The second-order valence-electron chi connectivity index (χ2n) is 10.3. The summed E-state index contributed by atoms with van der Waals surface area (Å²) in [7, 11) is 0. The van der Waals surface area contributed by atoms with E-state index in [0.29, 0.717) is 36.2 Å². The minimum atomic E-state index is -0.963. The summed E-state index contributed by atoms with van der Waals surface area (Å²) in [6, 6.07) is 0. The molecule has 1 heterocycles. The highest BCUT2D eigenvalue weighted by molar-refractivity contribution is 5.83. The third kappa shape index (κ3) is 7.78. The average molecular weight is 461 g/mol. The number of ketones is 1. The van der Waals surface area contributed by atoms with Gasteiger partial charge in [0.05, 0.1) is 18.5 Å². The van der Waals surface area contributed by atoms with E-state index >= 15 is 0 Å². The molecule has 0 aromatic heterocycles. The summed E-state index contributed by atoms with van der Waals surface area (Å²) in [5.74, 6) is 2.42. The Kier molecular flexibility index (Phi) is 10.6. The fourth-order valence-corrected chi connectivity index (χ4v) is 5.52. The summed E-state index contributed by atoms with van der Waals surface area (Å²) in [6.07, 6.45) is 17.3. The van der Waals surface area contributed by atoms with Crippen molar-refractivity contribution in [1.82, 2.24) is 0 Å². The van der Waals surface area contributed by atoms with E-state index in [1.807, 2.05) is 6.92 Å². The van der Waals surface area contributed by atoms with Crippen LogP contribution in [0.2, 0.25) is 0 Å². The maximum absolute atomic E-state index is 11.9. The van der Waals surface area contributed by atoms with E-state index in [-0.39, 0.29) is 12.0 Å². The lowest BCUT2D eigenvalue weighted by molar-refractivity contribution is -0.120. The summed E-state index contributed by atoms with van der Waals surface area (Å²) >= 11 is 0. The lowest BCUT2D eigenvalue weighted by Gasteiger charge is -2.24. The minimum Gasteiger partial charge on any atom is -0.498 e. The van der Waals surface area contributed by atoms with Crippen LogP contribution in [0.5, 0.6) is 0 Å². The fraction of sp³-hybridized carbons (Fsp3) is 0.786. The number of carbonyl (C=O) groups excluding carboxylic acids is 2. The minimum absolute atomic E-state index is 0.0379. The highest BCUT2D eigenvalue weighted by Gasteiger charge is 2.42. The van der Waals surface area contributed by atoms with Crippen molar-refractivity contribution >= 4 is 12.1 Å². The normalized spacial score (nSPS) is 28.5. The molecular formula is C28H44O5. The summed E-state index contributed by atoms with van der Waals surface area (Å²) in [5.41, 5.74) is 1.26. The zero-order chi connectivity index (χ0) is 23.6. The summed E-state index contributed by atoms with van der Waals surface area (Å²) in [4.78, 5) is 23.4. The van der Waals surface area contributed by atoms with Crippen molar-refractivity contribution in [3.63, 3.8) is 0 Å². The van der Waals surface area contributed by atoms with Gasteiger partial charge in [-0.15, -0.1) is 0 Å². The van der Waals surface area contributed by atoms with Crippen molar-refractivity contribution in [2.24, 2.45) is 17.8 Å². The number of ether oxygens (including phenoxy) is 2. The van der Waals surface area contributed by atoms with Gasteiger partial charge in [0.25, 0.3) is 0 Å². The molecule has 0 amide bonds. The first-order valence-corrected chi connectivity index (χ1v) is 13.4. The van der Waals surface area contributed by atoms with Crippen LogP contribution < -0.4 is 0 Å². The molecule has 3 rings (SSSR count). The number of aldehydes is 1. The van der Waals surface area contributed by atoms with Gasteiger partial charge >= 0.3 is 0 Å². The molecule has 1 aliphatic heterocycles. The molecule has 0 bridgehead atoms. The van der Waals surface area contributed by atoms with Crippen LogP contribution in [0.25, 0.3) is 0 Å². The molecule has 3 aliphatic rings. The molecule has 33 heavy (non-hydrogen) atoms. The molecule has 5 heteroatoms. The Morgan fingerprint density at radius 3 is 2.27 bits per heavy atom. The molecule has 1 N–H and O–H groups in total. The predicted octanol–water partition coefficient (Wildman–Crippen LogP) is 6.05. The third-order valence-electron chi connectivity index (χ3n) is 7.63. The lowest BCUT2D eigenvalue weighted by Crippen LogP contribution is -2.21. The molecule has 0 aromatic carbocycles. The Morgan fingerprint density at radius 2 is 1.70 bits per heavy atom. The number of hydrogen-bond donors (Lipinski definition) is 1. The van der Waals surface area contributed by atoms with Crippen molar-refractivity contribution in [2.45, 2.75) is 116 Å². The Balaban J connectivity index is 1.20. The first-order chi connectivity index (χ1) is 16.0. The molecule has 5 nitrogen and oxygen atoms in total. The van der Waals surface area contributed by atoms with Gasteiger partial charge in [0, 0.05) is 35.8 Å². The smallest absolute Gasteiger partial charge is 0.178 e. The molecule has 5 atom stereocenters. The van der Waals surface area contributed by atoms with Crippen LogP contribution in [0.1, 0.15) is 104 Å². The maximum atomic E-state index is 11.9. The zero-order valence-corrected chi connectivity index (χ0v) is 20.7. The van der Waals surface area contributed by atoms with Gasteiger partial charge in [0.15, 0.2) is 6.29 Å². The lowest BCUT2D eigenvalue weighted by atomic mass is 9.83. The first kappa shape index (κ1) is 26.2. The van der Waals surface area contributed by atoms with Crippen LogP contribution in [0, 0.1) is 17.8 Å². The summed E-state index contributed by atoms with van der Waals surface area (Å²) in [5, 5.41) is 10.3. The van der Waals surface area contributed by atoms with Crippen LogP contribution in [0.4, 0.5) is 0 Å². The van der Waals surface area contributed by atoms with Gasteiger partial charge in [-0.2, -0.15) is 0 Å². The molecule has 2 fully saturated rings. The van der Waals surface area contributed by atoms with E-state index in [2.05, 4.69) is 6.92 Å². The van der Waals surface area contributed by atoms with Gasteiger partial charge in [-0.1, -0.05) is 64.7 Å². The van der Waals surface area contributed by atoms with Gasteiger partial charge in [-0.25, -0.2) is 0 Å². The number of allylic oxidation sites excluding steroid dienone is 3. The SMILES string of the molecule is CCOC1=CC(C=O)=C2C(O)OC(CCCCCCCCCCCCC(=O)C3CC3C)C2C1. The molecule has 0 spiro atoms. The monoisotopic (exact) mass is 460 g/mol. The van der Waals surface area contributed by atoms with E-state index in [9.17, 15) is 14.7 Å². The Labute approximate surface area is 200 Å². The Morgan fingerprint density at radius 1 is 1.09 bits per heavy atom. The first-order valence-electron chi connectivity index (χ1n) is 13.4. The quantitative estimate of drug-likeness (QED) is 0.211. The molecule has 0 radical (unpaired) electrons. The van der Waals surface area contributed by atoms with E-state index in [1.165, 1.54) is 51.4 Å². The van der Waals surface area contributed by atoms with E-state index in [1.54, 1.807) is 6.08 Å². The van der Waals surface area contributed by atoms with Crippen molar-refractivity contribution in [1.29, 1.82) is 0 Å². The van der Waals surface area contributed by atoms with Gasteiger partial charge in [0.1, 0.15) is 12.1 Å². The number of fused-ring (bicyclic) bond motifs is 1. The third-order valence-corrected chi connectivity index (χ3v) is 7.63. The number of aliphatic hydroxyl groups is 1. The Bertz CT molecular complexity index is 709. The van der Waals surface area contributed by atoms with Crippen LogP contribution in [0.3, 0.4) is 0 Å². The Hall–Kier alpha value is -1.46. The summed E-state index contributed by atoms with van der Waals surface area (Å²) in [6.45, 7) is 4.70. The highest BCUT2D eigenvalue weighted by Crippen LogP contribution is 2.42. The molecule has 0 aromatic rings. The van der Waals surface area contributed by atoms with Crippen LogP contribution in [-0.4, -0.2) is 36.2 Å².